The van der Waals surface area contributed by atoms with Crippen LogP contribution in [0.2, 0.25) is 0 Å². The highest BCUT2D eigenvalue weighted by molar-refractivity contribution is 5.69. The molecule has 0 fully saturated rings. The molecule has 0 aliphatic carbocycles. The van der Waals surface area contributed by atoms with Crippen LogP contribution in [0, 0.1) is 0 Å². The molecule has 51 heavy (non-hydrogen) atoms. The maximum Gasteiger partial charge on any atom is 0.306 e. The first-order valence-electron chi connectivity index (χ1n) is 22.6. The summed E-state index contributed by atoms with van der Waals surface area (Å²) in [6.07, 6.45) is 56.5. The first-order chi connectivity index (χ1) is 25.2. The highest BCUT2D eigenvalue weighted by atomic mass is 16.6. The van der Waals surface area contributed by atoms with Gasteiger partial charge in [-0.25, -0.2) is 0 Å². The Hall–Kier alpha value is -1.39. The second-order valence-electron chi connectivity index (χ2n) is 15.1. The first kappa shape index (κ1) is 49.6. The molecule has 0 spiro atoms. The molecule has 1 unspecified atom stereocenters. The fraction of sp³-hybridized carbons (Fsp3) is 0.851. The van der Waals surface area contributed by atoms with E-state index in [0.717, 1.165) is 51.4 Å². The van der Waals surface area contributed by atoms with Gasteiger partial charge in [-0.2, -0.15) is 0 Å². The quantitative estimate of drug-likeness (QED) is 0.0388. The zero-order valence-electron chi connectivity index (χ0n) is 34.4. The topological polar surface area (TPSA) is 55.8 Å². The van der Waals surface area contributed by atoms with Crippen LogP contribution in [-0.2, 0) is 14.3 Å². The number of carbonyl (C=O) groups excluding carboxylic acids is 1. The largest absolute Gasteiger partial charge is 0.457 e. The number of allylic oxidation sites excluding steroid dienone is 6. The molecule has 1 N–H and O–H groups in total. The van der Waals surface area contributed by atoms with Crippen LogP contribution < -0.4 is 0 Å². The summed E-state index contributed by atoms with van der Waals surface area (Å²) in [6.45, 7) is 5.25. The molecule has 300 valence electrons. The molecule has 0 heterocycles. The Morgan fingerprint density at radius 1 is 0.490 bits per heavy atom. The number of aliphatic hydroxyl groups excluding tert-OH is 1. The second-order valence-corrected chi connectivity index (χ2v) is 15.1. The van der Waals surface area contributed by atoms with Crippen molar-refractivity contribution in [2.75, 3.05) is 19.8 Å². The molecule has 0 amide bonds. The Morgan fingerprint density at radius 2 is 0.882 bits per heavy atom. The summed E-state index contributed by atoms with van der Waals surface area (Å²) in [5.41, 5.74) is 0. The Balaban J connectivity index is 3.37. The minimum atomic E-state index is -0.540. The maximum atomic E-state index is 12.2. The van der Waals surface area contributed by atoms with Crippen molar-refractivity contribution in [3.8, 4) is 0 Å². The van der Waals surface area contributed by atoms with Gasteiger partial charge in [0.2, 0.25) is 0 Å². The lowest BCUT2D eigenvalue weighted by Gasteiger charge is -2.15. The molecule has 0 radical (unpaired) electrons. The minimum absolute atomic E-state index is 0.176. The Labute approximate surface area is 319 Å². The molecule has 0 rings (SSSR count). The van der Waals surface area contributed by atoms with Crippen LogP contribution in [0.1, 0.15) is 232 Å². The van der Waals surface area contributed by atoms with E-state index in [-0.39, 0.29) is 12.6 Å². The van der Waals surface area contributed by atoms with Crippen LogP contribution in [-0.4, -0.2) is 37.0 Å². The zero-order valence-corrected chi connectivity index (χ0v) is 34.4. The van der Waals surface area contributed by atoms with Gasteiger partial charge in [-0.1, -0.05) is 217 Å². The van der Waals surface area contributed by atoms with Crippen molar-refractivity contribution in [1.82, 2.24) is 0 Å². The predicted octanol–water partition coefficient (Wildman–Crippen LogP) is 14.9. The third kappa shape index (κ3) is 42.9. The summed E-state index contributed by atoms with van der Waals surface area (Å²) in [5, 5.41) is 9.60. The number of rotatable bonds is 42. The van der Waals surface area contributed by atoms with Crippen LogP contribution in [0.3, 0.4) is 0 Å². The lowest BCUT2D eigenvalue weighted by Crippen LogP contribution is -2.27. The van der Waals surface area contributed by atoms with Gasteiger partial charge >= 0.3 is 5.97 Å². The second kappa shape index (κ2) is 44.8. The van der Waals surface area contributed by atoms with Gasteiger partial charge in [0.05, 0.1) is 13.2 Å². The average Bonchev–Trinajstić information content (AvgIpc) is 3.14. The summed E-state index contributed by atoms with van der Waals surface area (Å²) in [5.74, 6) is -0.214. The van der Waals surface area contributed by atoms with Crippen molar-refractivity contribution in [1.29, 1.82) is 0 Å². The van der Waals surface area contributed by atoms with E-state index in [1.807, 2.05) is 0 Å². The molecular formula is C47H88O4. The van der Waals surface area contributed by atoms with Crippen molar-refractivity contribution in [2.24, 2.45) is 0 Å². The van der Waals surface area contributed by atoms with Crippen LogP contribution in [0.15, 0.2) is 36.5 Å². The fourth-order valence-corrected chi connectivity index (χ4v) is 6.64. The van der Waals surface area contributed by atoms with Crippen LogP contribution in [0.25, 0.3) is 0 Å². The number of carbonyl (C=O) groups is 1. The number of esters is 1. The summed E-state index contributed by atoms with van der Waals surface area (Å²) >= 11 is 0. The van der Waals surface area contributed by atoms with Crippen molar-refractivity contribution in [3.63, 3.8) is 0 Å². The van der Waals surface area contributed by atoms with Crippen LogP contribution in [0.5, 0.6) is 0 Å². The molecule has 0 aromatic carbocycles. The van der Waals surface area contributed by atoms with Gasteiger partial charge in [-0.15, -0.1) is 0 Å². The van der Waals surface area contributed by atoms with Gasteiger partial charge in [-0.3, -0.25) is 4.79 Å². The lowest BCUT2D eigenvalue weighted by molar-refractivity contribution is -0.154. The van der Waals surface area contributed by atoms with Gasteiger partial charge in [0, 0.05) is 13.0 Å². The van der Waals surface area contributed by atoms with E-state index in [4.69, 9.17) is 9.47 Å². The Morgan fingerprint density at radius 3 is 1.33 bits per heavy atom. The molecule has 0 aliphatic rings. The highest BCUT2D eigenvalue weighted by Gasteiger charge is 2.13. The molecule has 4 heteroatoms. The third-order valence-electron chi connectivity index (χ3n) is 9.98. The maximum absolute atomic E-state index is 12.2. The third-order valence-corrected chi connectivity index (χ3v) is 9.98. The van der Waals surface area contributed by atoms with E-state index in [2.05, 4.69) is 50.3 Å². The minimum Gasteiger partial charge on any atom is -0.457 e. The summed E-state index contributed by atoms with van der Waals surface area (Å²) in [7, 11) is 0. The number of unbranched alkanes of at least 4 members (excludes halogenated alkanes) is 28. The van der Waals surface area contributed by atoms with E-state index in [1.165, 1.54) is 161 Å². The summed E-state index contributed by atoms with van der Waals surface area (Å²) < 4.78 is 11.2. The molecule has 0 saturated heterocycles. The van der Waals surface area contributed by atoms with E-state index in [1.54, 1.807) is 0 Å². The SMILES string of the molecule is CC/C=C\C/C=C\C/C=C\CCCCCCCC(=O)OC(CO)COCCCCCCCCCCCCCCCCCCCCCCCCCC. The van der Waals surface area contributed by atoms with Gasteiger partial charge in [-0.05, 0) is 44.9 Å². The molecule has 4 nitrogen and oxygen atoms in total. The molecule has 0 aromatic rings. The van der Waals surface area contributed by atoms with Crippen LogP contribution >= 0.6 is 0 Å². The monoisotopic (exact) mass is 717 g/mol. The molecule has 0 aliphatic heterocycles. The highest BCUT2D eigenvalue weighted by Crippen LogP contribution is 2.16. The number of ether oxygens (including phenoxy) is 2. The Kier molecular flexibility index (Phi) is 43.5. The van der Waals surface area contributed by atoms with Crippen molar-refractivity contribution >= 4 is 5.97 Å². The zero-order chi connectivity index (χ0) is 37.0. The smallest absolute Gasteiger partial charge is 0.306 e. The summed E-state index contributed by atoms with van der Waals surface area (Å²) in [4.78, 5) is 12.2. The van der Waals surface area contributed by atoms with Gasteiger partial charge in [0.1, 0.15) is 6.10 Å². The predicted molar refractivity (Wildman–Crippen MR) is 224 cm³/mol. The number of hydrogen-bond acceptors (Lipinski definition) is 4. The molecule has 1 atom stereocenters. The molecule has 0 bridgehead atoms. The van der Waals surface area contributed by atoms with E-state index in [0.29, 0.717) is 19.6 Å². The summed E-state index contributed by atoms with van der Waals surface area (Å²) in [6, 6.07) is 0. The first-order valence-corrected chi connectivity index (χ1v) is 22.6. The Bertz CT molecular complexity index is 757. The van der Waals surface area contributed by atoms with Crippen LogP contribution in [0.4, 0.5) is 0 Å². The lowest BCUT2D eigenvalue weighted by atomic mass is 10.0. The van der Waals surface area contributed by atoms with E-state index >= 15 is 0 Å². The molecule has 0 saturated carbocycles. The van der Waals surface area contributed by atoms with Crippen molar-refractivity contribution in [3.05, 3.63) is 36.5 Å². The molecular weight excluding hydrogens is 629 g/mol. The average molecular weight is 717 g/mol. The van der Waals surface area contributed by atoms with Gasteiger partial charge in [0.25, 0.3) is 0 Å². The van der Waals surface area contributed by atoms with Crippen molar-refractivity contribution in [2.45, 2.75) is 238 Å². The van der Waals surface area contributed by atoms with Crippen molar-refractivity contribution < 1.29 is 19.4 Å². The van der Waals surface area contributed by atoms with Gasteiger partial charge < -0.3 is 14.6 Å². The van der Waals surface area contributed by atoms with E-state index in [9.17, 15) is 9.90 Å². The normalized spacial score (nSPS) is 12.6. The fourth-order valence-electron chi connectivity index (χ4n) is 6.64. The number of hydrogen-bond donors (Lipinski definition) is 1. The van der Waals surface area contributed by atoms with E-state index < -0.39 is 6.10 Å². The number of aliphatic hydroxyl groups is 1. The van der Waals surface area contributed by atoms with Gasteiger partial charge in [0.15, 0.2) is 0 Å². The molecule has 0 aromatic heterocycles. The standard InChI is InChI=1S/C47H88O4/c1-3-5-7-9-11-13-15-17-19-20-21-22-23-24-25-26-27-29-31-33-35-37-39-41-43-50-45-46(44-48)51-47(49)42-40-38-36-34-32-30-28-18-16-14-12-10-8-6-4-2/h6,8,12,14,18,28,46,48H,3-5,7,9-11,13,15-17,19-27,29-45H2,1-2H3/b8-6-,14-12-,28-18-.